The van der Waals surface area contributed by atoms with Gasteiger partial charge in [0.1, 0.15) is 6.10 Å². The minimum atomic E-state index is -0.767. The Labute approximate surface area is 125 Å². The van der Waals surface area contributed by atoms with Crippen LogP contribution in [0.25, 0.3) is 0 Å². The number of aliphatic hydroxyl groups excluding tert-OH is 1. The third-order valence-electron chi connectivity index (χ3n) is 3.36. The summed E-state index contributed by atoms with van der Waals surface area (Å²) in [6.45, 7) is 4.30. The van der Waals surface area contributed by atoms with Gasteiger partial charge >= 0.3 is 0 Å². The lowest BCUT2D eigenvalue weighted by Crippen LogP contribution is -2.19. The zero-order valence-corrected chi connectivity index (χ0v) is 13.3. The van der Waals surface area contributed by atoms with Gasteiger partial charge in [-0.25, -0.2) is 0 Å². The third-order valence-corrected chi connectivity index (χ3v) is 3.36. The molecule has 0 amide bonds. The quantitative estimate of drug-likeness (QED) is 0.382. The molecule has 116 valence electrons. The zero-order chi connectivity index (χ0) is 15.1. The molecule has 0 radical (unpaired) electrons. The number of allylic oxidation sites excluding steroid dienone is 4. The smallest absolute Gasteiger partial charge is 0.164 e. The molecule has 0 fully saturated rings. The summed E-state index contributed by atoms with van der Waals surface area (Å²) in [7, 11) is 0. The average Bonchev–Trinajstić information content (AvgIpc) is 2.45. The van der Waals surface area contributed by atoms with E-state index in [9.17, 15) is 9.90 Å². The highest BCUT2D eigenvalue weighted by atomic mass is 16.3. The zero-order valence-electron chi connectivity index (χ0n) is 13.3. The van der Waals surface area contributed by atoms with Crippen LogP contribution in [0.3, 0.4) is 0 Å². The summed E-state index contributed by atoms with van der Waals surface area (Å²) in [5, 5.41) is 9.76. The topological polar surface area (TPSA) is 37.3 Å². The maximum Gasteiger partial charge on any atom is 0.164 e. The molecule has 0 aliphatic heterocycles. The molecule has 1 unspecified atom stereocenters. The van der Waals surface area contributed by atoms with E-state index in [-0.39, 0.29) is 5.78 Å². The number of carbonyl (C=O) groups is 1. The molecule has 0 saturated carbocycles. The van der Waals surface area contributed by atoms with Crippen LogP contribution in [0.2, 0.25) is 0 Å². The molecule has 2 nitrogen and oxygen atoms in total. The van der Waals surface area contributed by atoms with E-state index < -0.39 is 6.10 Å². The number of rotatable bonds is 13. The Morgan fingerprint density at radius 2 is 1.60 bits per heavy atom. The molecule has 1 atom stereocenters. The van der Waals surface area contributed by atoms with Crippen molar-refractivity contribution in [2.45, 2.75) is 84.2 Å². The van der Waals surface area contributed by atoms with E-state index in [0.29, 0.717) is 12.8 Å². The fourth-order valence-electron chi connectivity index (χ4n) is 2.05. The first kappa shape index (κ1) is 19.1. The van der Waals surface area contributed by atoms with E-state index in [4.69, 9.17) is 0 Å². The predicted molar refractivity (Wildman–Crippen MR) is 86.8 cm³/mol. The van der Waals surface area contributed by atoms with Crippen LogP contribution in [0.15, 0.2) is 24.3 Å². The Hall–Kier alpha value is -0.890. The number of carbonyl (C=O) groups excluding carboxylic acids is 1. The Kier molecular flexibility index (Phi) is 13.9. The van der Waals surface area contributed by atoms with Gasteiger partial charge in [0.2, 0.25) is 0 Å². The first-order valence-corrected chi connectivity index (χ1v) is 8.23. The molecule has 0 aromatic heterocycles. The van der Waals surface area contributed by atoms with Crippen LogP contribution in [0, 0.1) is 0 Å². The van der Waals surface area contributed by atoms with E-state index in [2.05, 4.69) is 26.0 Å². The van der Waals surface area contributed by atoms with Crippen molar-refractivity contribution >= 4 is 5.78 Å². The monoisotopic (exact) mass is 280 g/mol. The summed E-state index contributed by atoms with van der Waals surface area (Å²) >= 11 is 0. The van der Waals surface area contributed by atoms with Gasteiger partial charge in [-0.3, -0.25) is 4.79 Å². The van der Waals surface area contributed by atoms with E-state index in [1.165, 1.54) is 25.7 Å². The van der Waals surface area contributed by atoms with Crippen molar-refractivity contribution in [2.75, 3.05) is 0 Å². The highest BCUT2D eigenvalue weighted by Gasteiger charge is 2.12. The molecule has 0 heterocycles. The van der Waals surface area contributed by atoms with Crippen LogP contribution in [0.5, 0.6) is 0 Å². The number of aliphatic hydroxyl groups is 1. The van der Waals surface area contributed by atoms with Crippen LogP contribution in [0.4, 0.5) is 0 Å². The molecule has 20 heavy (non-hydrogen) atoms. The summed E-state index contributed by atoms with van der Waals surface area (Å²) in [5.74, 6) is -0.0470. The van der Waals surface area contributed by atoms with Gasteiger partial charge in [0.15, 0.2) is 5.78 Å². The minimum Gasteiger partial charge on any atom is -0.385 e. The first-order valence-electron chi connectivity index (χ1n) is 8.23. The SMILES string of the molecule is CC/C=C\C/C=C\CC(=O)C(O)CCCCCCCC. The van der Waals surface area contributed by atoms with Gasteiger partial charge in [-0.15, -0.1) is 0 Å². The van der Waals surface area contributed by atoms with Gasteiger partial charge in [0.05, 0.1) is 0 Å². The highest BCUT2D eigenvalue weighted by Crippen LogP contribution is 2.10. The van der Waals surface area contributed by atoms with Gasteiger partial charge in [0, 0.05) is 6.42 Å². The standard InChI is InChI=1S/C18H32O2/c1-3-5-7-9-11-13-15-17(19)18(20)16-14-12-10-8-6-4-2/h5,7,11,13,18,20H,3-4,6,8-10,12,14-16H2,1-2H3/b7-5-,13-11-. The van der Waals surface area contributed by atoms with Gasteiger partial charge in [-0.1, -0.05) is 76.7 Å². The van der Waals surface area contributed by atoms with Crippen LogP contribution in [-0.4, -0.2) is 17.0 Å². The van der Waals surface area contributed by atoms with Crippen molar-refractivity contribution in [3.8, 4) is 0 Å². The fourth-order valence-corrected chi connectivity index (χ4v) is 2.05. The maximum atomic E-state index is 11.7. The molecule has 1 N–H and O–H groups in total. The highest BCUT2D eigenvalue weighted by molar-refractivity contribution is 5.84. The molecule has 0 bridgehead atoms. The summed E-state index contributed by atoms with van der Waals surface area (Å²) in [6.07, 6.45) is 17.3. The Morgan fingerprint density at radius 1 is 0.950 bits per heavy atom. The molecule has 0 aromatic carbocycles. The van der Waals surface area contributed by atoms with E-state index in [1.54, 1.807) is 0 Å². The Bertz CT molecular complexity index is 279. The molecule has 2 heteroatoms. The predicted octanol–water partition coefficient (Wildman–Crippen LogP) is 4.97. The van der Waals surface area contributed by atoms with E-state index in [0.717, 1.165) is 25.7 Å². The van der Waals surface area contributed by atoms with E-state index in [1.807, 2.05) is 12.2 Å². The van der Waals surface area contributed by atoms with Crippen LogP contribution in [0.1, 0.15) is 78.1 Å². The third kappa shape index (κ3) is 12.2. The minimum absolute atomic E-state index is 0.0470. The number of ketones is 1. The lowest BCUT2D eigenvalue weighted by atomic mass is 10.0. The van der Waals surface area contributed by atoms with Gasteiger partial charge < -0.3 is 5.11 Å². The van der Waals surface area contributed by atoms with E-state index >= 15 is 0 Å². The van der Waals surface area contributed by atoms with Crippen LogP contribution < -0.4 is 0 Å². The van der Waals surface area contributed by atoms with Gasteiger partial charge in [0.25, 0.3) is 0 Å². The fraction of sp³-hybridized carbons (Fsp3) is 0.722. The molecule has 0 saturated heterocycles. The molecule has 0 rings (SSSR count). The summed E-state index contributed by atoms with van der Waals surface area (Å²) in [6, 6.07) is 0. The molecule has 0 aliphatic rings. The number of unbranched alkanes of at least 4 members (excludes halogenated alkanes) is 5. The molecule has 0 spiro atoms. The second-order valence-electron chi connectivity index (χ2n) is 5.33. The molecular weight excluding hydrogens is 248 g/mol. The Morgan fingerprint density at radius 3 is 2.30 bits per heavy atom. The summed E-state index contributed by atoms with van der Waals surface area (Å²) < 4.78 is 0. The largest absolute Gasteiger partial charge is 0.385 e. The maximum absolute atomic E-state index is 11.7. The lowest BCUT2D eigenvalue weighted by molar-refractivity contribution is -0.126. The lowest BCUT2D eigenvalue weighted by Gasteiger charge is -2.07. The van der Waals surface area contributed by atoms with Crippen molar-refractivity contribution in [1.82, 2.24) is 0 Å². The summed E-state index contributed by atoms with van der Waals surface area (Å²) in [5.41, 5.74) is 0. The van der Waals surface area contributed by atoms with Gasteiger partial charge in [-0.05, 0) is 19.3 Å². The van der Waals surface area contributed by atoms with Crippen LogP contribution >= 0.6 is 0 Å². The second kappa shape index (κ2) is 14.5. The summed E-state index contributed by atoms with van der Waals surface area (Å²) in [4.78, 5) is 11.7. The second-order valence-corrected chi connectivity index (χ2v) is 5.33. The Balaban J connectivity index is 3.58. The van der Waals surface area contributed by atoms with Crippen molar-refractivity contribution in [3.63, 3.8) is 0 Å². The van der Waals surface area contributed by atoms with Crippen molar-refractivity contribution in [1.29, 1.82) is 0 Å². The van der Waals surface area contributed by atoms with Crippen molar-refractivity contribution in [3.05, 3.63) is 24.3 Å². The molecular formula is C18H32O2. The average molecular weight is 280 g/mol. The first-order chi connectivity index (χ1) is 9.72. The molecule has 0 aromatic rings. The van der Waals surface area contributed by atoms with Gasteiger partial charge in [-0.2, -0.15) is 0 Å². The van der Waals surface area contributed by atoms with Crippen molar-refractivity contribution in [2.24, 2.45) is 0 Å². The number of hydrogen-bond acceptors (Lipinski definition) is 2. The van der Waals surface area contributed by atoms with Crippen LogP contribution in [-0.2, 0) is 4.79 Å². The number of Topliss-reactive ketones (excluding diaryl/α,β-unsaturated/α-hetero) is 1. The normalized spacial score (nSPS) is 13.3. The number of hydrogen-bond donors (Lipinski definition) is 1. The van der Waals surface area contributed by atoms with Crippen molar-refractivity contribution < 1.29 is 9.90 Å². The molecule has 0 aliphatic carbocycles.